The minimum Gasteiger partial charge on any atom is -0.381 e. The van der Waals surface area contributed by atoms with Gasteiger partial charge in [-0.25, -0.2) is 0 Å². The fourth-order valence-corrected chi connectivity index (χ4v) is 5.05. The molecule has 0 radical (unpaired) electrons. The maximum atomic E-state index is 12.6. The second kappa shape index (κ2) is 5.00. The third-order valence-electron chi connectivity index (χ3n) is 4.72. The van der Waals surface area contributed by atoms with Gasteiger partial charge in [0.2, 0.25) is 0 Å². The highest BCUT2D eigenvalue weighted by Crippen LogP contribution is 2.46. The molecule has 4 nitrogen and oxygen atoms in total. The first kappa shape index (κ1) is 13.6. The van der Waals surface area contributed by atoms with Gasteiger partial charge in [0.25, 0.3) is 5.91 Å². The van der Waals surface area contributed by atoms with Crippen LogP contribution in [0.5, 0.6) is 0 Å². The van der Waals surface area contributed by atoms with Gasteiger partial charge >= 0.3 is 0 Å². The molecular weight excluding hydrogens is 286 g/mol. The van der Waals surface area contributed by atoms with Crippen molar-refractivity contribution in [3.05, 3.63) is 34.9 Å². The molecule has 112 valence electrons. The molecule has 1 atom stereocenters. The Balaban J connectivity index is 1.43. The van der Waals surface area contributed by atoms with Gasteiger partial charge in [-0.3, -0.25) is 4.79 Å². The Morgan fingerprint density at radius 2 is 2.19 bits per heavy atom. The molecule has 21 heavy (non-hydrogen) atoms. The quantitative estimate of drug-likeness (QED) is 0.838. The molecule has 0 saturated carbocycles. The first-order valence-electron chi connectivity index (χ1n) is 7.35. The lowest BCUT2D eigenvalue weighted by Crippen LogP contribution is -2.60. The first-order valence-corrected chi connectivity index (χ1v) is 8.33. The normalized spacial score (nSPS) is 26.0. The number of carbonyl (C=O) groups is 1. The smallest absolute Gasteiger partial charge is 0.253 e. The Hall–Kier alpha value is -1.04. The number of likely N-dealkylation sites (tertiary alicyclic amines) is 1. The standard InChI is InChI=1S/C16H19NO3S/c1-19-14-5-16(21-8-14)9-17(10-16)15(18)11-2-3-12-6-20-7-13(12)4-11/h2-4,14H,5-10H2,1H3. The molecule has 3 aliphatic rings. The molecule has 1 aromatic rings. The number of fused-ring (bicyclic) bond motifs is 1. The van der Waals surface area contributed by atoms with Crippen molar-refractivity contribution in [3.8, 4) is 0 Å². The van der Waals surface area contributed by atoms with E-state index in [1.807, 2.05) is 34.9 Å². The average Bonchev–Trinajstić information content (AvgIpc) is 3.10. The van der Waals surface area contributed by atoms with Crippen molar-refractivity contribution in [2.24, 2.45) is 0 Å². The highest BCUT2D eigenvalue weighted by molar-refractivity contribution is 8.01. The van der Waals surface area contributed by atoms with E-state index < -0.39 is 0 Å². The molecule has 1 amide bonds. The van der Waals surface area contributed by atoms with Crippen LogP contribution in [0.2, 0.25) is 0 Å². The second-order valence-corrected chi connectivity index (χ2v) is 7.68. The summed E-state index contributed by atoms with van der Waals surface area (Å²) in [5.41, 5.74) is 3.16. The summed E-state index contributed by atoms with van der Waals surface area (Å²) in [5, 5.41) is 0. The summed E-state index contributed by atoms with van der Waals surface area (Å²) in [6.07, 6.45) is 1.42. The van der Waals surface area contributed by atoms with Crippen LogP contribution in [0.25, 0.3) is 0 Å². The number of benzene rings is 1. The Morgan fingerprint density at radius 3 is 2.95 bits per heavy atom. The number of hydrogen-bond donors (Lipinski definition) is 0. The molecule has 2 saturated heterocycles. The van der Waals surface area contributed by atoms with Gasteiger partial charge in [-0.05, 0) is 29.7 Å². The molecule has 1 aromatic carbocycles. The topological polar surface area (TPSA) is 38.8 Å². The molecule has 4 rings (SSSR count). The van der Waals surface area contributed by atoms with Crippen molar-refractivity contribution in [3.63, 3.8) is 0 Å². The summed E-state index contributed by atoms with van der Waals surface area (Å²) >= 11 is 1.96. The van der Waals surface area contributed by atoms with Crippen LogP contribution in [0.3, 0.4) is 0 Å². The SMILES string of the molecule is COC1CSC2(C1)CN(C(=O)c1ccc3c(c1)COC3)C2. The van der Waals surface area contributed by atoms with Crippen LogP contribution >= 0.6 is 11.8 Å². The molecule has 2 fully saturated rings. The number of methoxy groups -OCH3 is 1. The number of hydrogen-bond acceptors (Lipinski definition) is 4. The van der Waals surface area contributed by atoms with Crippen molar-refractivity contribution in [2.75, 3.05) is 26.0 Å². The zero-order chi connectivity index (χ0) is 14.4. The van der Waals surface area contributed by atoms with Crippen LogP contribution in [-0.2, 0) is 22.7 Å². The number of amides is 1. The summed E-state index contributed by atoms with van der Waals surface area (Å²) in [6.45, 7) is 3.01. The number of carbonyl (C=O) groups excluding carboxylic acids is 1. The van der Waals surface area contributed by atoms with E-state index in [-0.39, 0.29) is 10.7 Å². The fraction of sp³-hybridized carbons (Fsp3) is 0.562. The van der Waals surface area contributed by atoms with E-state index in [4.69, 9.17) is 9.47 Å². The lowest BCUT2D eigenvalue weighted by Gasteiger charge is -2.47. The molecule has 0 aromatic heterocycles. The predicted octanol–water partition coefficient (Wildman–Crippen LogP) is 2.06. The number of nitrogens with zero attached hydrogens (tertiary/aromatic N) is 1. The largest absolute Gasteiger partial charge is 0.381 e. The molecule has 5 heteroatoms. The van der Waals surface area contributed by atoms with Gasteiger partial charge in [0.1, 0.15) is 0 Å². The Labute approximate surface area is 128 Å². The van der Waals surface area contributed by atoms with Gasteiger partial charge in [-0.1, -0.05) is 6.07 Å². The Bertz CT molecular complexity index is 583. The van der Waals surface area contributed by atoms with Crippen LogP contribution in [0.1, 0.15) is 27.9 Å². The van der Waals surface area contributed by atoms with Gasteiger partial charge in [0.15, 0.2) is 0 Å². The van der Waals surface area contributed by atoms with Gasteiger partial charge < -0.3 is 14.4 Å². The predicted molar refractivity (Wildman–Crippen MR) is 81.4 cm³/mol. The lowest BCUT2D eigenvalue weighted by molar-refractivity contribution is 0.0451. The van der Waals surface area contributed by atoms with Gasteiger partial charge in [0, 0.05) is 31.5 Å². The highest BCUT2D eigenvalue weighted by Gasteiger charge is 2.50. The van der Waals surface area contributed by atoms with Crippen molar-refractivity contribution in [1.29, 1.82) is 0 Å². The zero-order valence-corrected chi connectivity index (χ0v) is 12.9. The van der Waals surface area contributed by atoms with Gasteiger partial charge in [-0.15, -0.1) is 11.8 Å². The summed E-state index contributed by atoms with van der Waals surface area (Å²) in [5.74, 6) is 1.20. The summed E-state index contributed by atoms with van der Waals surface area (Å²) in [6, 6.07) is 5.95. The van der Waals surface area contributed by atoms with Crippen LogP contribution in [0, 0.1) is 0 Å². The third kappa shape index (κ3) is 2.28. The maximum absolute atomic E-state index is 12.6. The molecular formula is C16H19NO3S. The summed E-state index contributed by atoms with van der Waals surface area (Å²) < 4.78 is 11.1. The Kier molecular flexibility index (Phi) is 3.24. The van der Waals surface area contributed by atoms with E-state index in [9.17, 15) is 4.79 Å². The number of thioether (sulfide) groups is 1. The van der Waals surface area contributed by atoms with Crippen LogP contribution < -0.4 is 0 Å². The van der Waals surface area contributed by atoms with Gasteiger partial charge in [0.05, 0.1) is 24.1 Å². The fourth-order valence-electron chi connectivity index (χ4n) is 3.45. The van der Waals surface area contributed by atoms with E-state index in [0.717, 1.165) is 36.4 Å². The van der Waals surface area contributed by atoms with Crippen molar-refractivity contribution >= 4 is 17.7 Å². The third-order valence-corrected chi connectivity index (χ3v) is 6.30. The lowest BCUT2D eigenvalue weighted by atomic mass is 9.92. The van der Waals surface area contributed by atoms with E-state index in [0.29, 0.717) is 19.3 Å². The van der Waals surface area contributed by atoms with Gasteiger partial charge in [-0.2, -0.15) is 0 Å². The van der Waals surface area contributed by atoms with E-state index in [1.165, 1.54) is 5.56 Å². The van der Waals surface area contributed by atoms with Crippen LogP contribution in [-0.4, -0.2) is 47.6 Å². The number of rotatable bonds is 2. The van der Waals surface area contributed by atoms with E-state index in [1.54, 1.807) is 7.11 Å². The Morgan fingerprint density at radius 1 is 1.38 bits per heavy atom. The zero-order valence-electron chi connectivity index (χ0n) is 12.1. The number of ether oxygens (including phenoxy) is 2. The molecule has 3 heterocycles. The van der Waals surface area contributed by atoms with Crippen molar-refractivity contribution < 1.29 is 14.3 Å². The minimum atomic E-state index is 0.150. The van der Waals surface area contributed by atoms with Crippen LogP contribution in [0.4, 0.5) is 0 Å². The highest BCUT2D eigenvalue weighted by atomic mass is 32.2. The van der Waals surface area contributed by atoms with Crippen LogP contribution in [0.15, 0.2) is 18.2 Å². The van der Waals surface area contributed by atoms with E-state index in [2.05, 4.69) is 0 Å². The first-order chi connectivity index (χ1) is 10.2. The minimum absolute atomic E-state index is 0.150. The van der Waals surface area contributed by atoms with Crippen molar-refractivity contribution in [1.82, 2.24) is 4.90 Å². The molecule has 3 aliphatic heterocycles. The summed E-state index contributed by atoms with van der Waals surface area (Å²) in [4.78, 5) is 14.5. The molecule has 0 aliphatic carbocycles. The second-order valence-electron chi connectivity index (χ2n) is 6.19. The molecule has 1 spiro atoms. The molecule has 0 N–H and O–H groups in total. The maximum Gasteiger partial charge on any atom is 0.253 e. The monoisotopic (exact) mass is 305 g/mol. The molecule has 0 bridgehead atoms. The van der Waals surface area contributed by atoms with Crippen molar-refractivity contribution in [2.45, 2.75) is 30.5 Å². The molecule has 1 unspecified atom stereocenters. The summed E-state index contributed by atoms with van der Waals surface area (Å²) in [7, 11) is 1.78. The van der Waals surface area contributed by atoms with E-state index >= 15 is 0 Å². The average molecular weight is 305 g/mol.